The molecule has 0 aliphatic heterocycles. The second kappa shape index (κ2) is 3.23. The Morgan fingerprint density at radius 2 is 2.33 bits per heavy atom. The maximum Gasteiger partial charge on any atom is 0.405 e. The number of ether oxygens (including phenoxy) is 1. The SMILES string of the molecule is NC(=O)OC1Cc2cc([N+](=O)[O-])ccc21. The van der Waals surface area contributed by atoms with E-state index in [1.165, 1.54) is 12.1 Å². The first-order valence-corrected chi connectivity index (χ1v) is 4.31. The van der Waals surface area contributed by atoms with Crippen molar-refractivity contribution in [1.82, 2.24) is 0 Å². The van der Waals surface area contributed by atoms with E-state index in [2.05, 4.69) is 0 Å². The summed E-state index contributed by atoms with van der Waals surface area (Å²) in [6, 6.07) is 4.45. The van der Waals surface area contributed by atoms with Crippen LogP contribution in [-0.2, 0) is 11.2 Å². The van der Waals surface area contributed by atoms with Gasteiger partial charge in [0.05, 0.1) is 4.92 Å². The fourth-order valence-corrected chi connectivity index (χ4v) is 1.62. The van der Waals surface area contributed by atoms with Crippen LogP contribution in [0.5, 0.6) is 0 Å². The molecule has 1 amide bonds. The Bertz CT molecular complexity index is 444. The Labute approximate surface area is 84.8 Å². The number of benzene rings is 1. The van der Waals surface area contributed by atoms with Crippen LogP contribution >= 0.6 is 0 Å². The molecular weight excluding hydrogens is 200 g/mol. The predicted molar refractivity (Wildman–Crippen MR) is 50.2 cm³/mol. The minimum absolute atomic E-state index is 0.0475. The van der Waals surface area contributed by atoms with Crippen molar-refractivity contribution in [1.29, 1.82) is 0 Å². The maximum atomic E-state index is 10.5. The van der Waals surface area contributed by atoms with Gasteiger partial charge in [0.25, 0.3) is 5.69 Å². The molecule has 15 heavy (non-hydrogen) atoms. The first-order chi connectivity index (χ1) is 7.08. The van der Waals surface area contributed by atoms with Crippen molar-refractivity contribution >= 4 is 11.8 Å². The molecule has 1 aromatic rings. The average Bonchev–Trinajstić information content (AvgIpc) is 2.13. The quantitative estimate of drug-likeness (QED) is 0.585. The number of nitrogens with zero attached hydrogens (tertiary/aromatic N) is 1. The van der Waals surface area contributed by atoms with Crippen LogP contribution in [0.2, 0.25) is 0 Å². The fraction of sp³-hybridized carbons (Fsp3) is 0.222. The summed E-state index contributed by atoms with van der Waals surface area (Å²) in [5.41, 5.74) is 6.54. The number of nitro benzene ring substituents is 1. The zero-order valence-electron chi connectivity index (χ0n) is 7.67. The molecular formula is C9H8N2O4. The molecule has 1 atom stereocenters. The molecule has 0 spiro atoms. The third kappa shape index (κ3) is 1.61. The molecule has 0 bridgehead atoms. The summed E-state index contributed by atoms with van der Waals surface area (Å²) in [4.78, 5) is 20.5. The van der Waals surface area contributed by atoms with Crippen LogP contribution in [0.3, 0.4) is 0 Å². The van der Waals surface area contributed by atoms with Crippen LogP contribution in [0.25, 0.3) is 0 Å². The number of amides is 1. The lowest BCUT2D eigenvalue weighted by Gasteiger charge is -2.28. The molecule has 78 valence electrons. The van der Waals surface area contributed by atoms with Crippen molar-refractivity contribution in [2.75, 3.05) is 0 Å². The summed E-state index contributed by atoms with van der Waals surface area (Å²) in [7, 11) is 0. The molecule has 0 fully saturated rings. The van der Waals surface area contributed by atoms with Gasteiger partial charge in [0.2, 0.25) is 0 Å². The maximum absolute atomic E-state index is 10.5. The number of carbonyl (C=O) groups is 1. The second-order valence-electron chi connectivity index (χ2n) is 3.27. The number of hydrogen-bond donors (Lipinski definition) is 1. The van der Waals surface area contributed by atoms with E-state index in [1.54, 1.807) is 6.07 Å². The Morgan fingerprint density at radius 3 is 2.87 bits per heavy atom. The van der Waals surface area contributed by atoms with E-state index in [1.807, 2.05) is 0 Å². The minimum atomic E-state index is -0.830. The lowest BCUT2D eigenvalue weighted by molar-refractivity contribution is -0.385. The van der Waals surface area contributed by atoms with Crippen LogP contribution in [-0.4, -0.2) is 11.0 Å². The van der Waals surface area contributed by atoms with E-state index in [9.17, 15) is 14.9 Å². The number of nitro groups is 1. The summed E-state index contributed by atoms with van der Waals surface area (Å²) in [5.74, 6) is 0. The van der Waals surface area contributed by atoms with Gasteiger partial charge >= 0.3 is 6.09 Å². The van der Waals surface area contributed by atoms with Gasteiger partial charge in [-0.2, -0.15) is 0 Å². The van der Waals surface area contributed by atoms with Crippen molar-refractivity contribution in [3.8, 4) is 0 Å². The zero-order valence-corrected chi connectivity index (χ0v) is 7.67. The van der Waals surface area contributed by atoms with Crippen LogP contribution in [0.15, 0.2) is 18.2 Å². The van der Waals surface area contributed by atoms with E-state index in [-0.39, 0.29) is 11.8 Å². The Balaban J connectivity index is 2.20. The number of hydrogen-bond acceptors (Lipinski definition) is 4. The van der Waals surface area contributed by atoms with Crippen molar-refractivity contribution in [2.24, 2.45) is 5.73 Å². The van der Waals surface area contributed by atoms with Crippen LogP contribution < -0.4 is 5.73 Å². The predicted octanol–water partition coefficient (Wildman–Crippen LogP) is 1.29. The van der Waals surface area contributed by atoms with Gasteiger partial charge in [-0.05, 0) is 17.2 Å². The van der Waals surface area contributed by atoms with E-state index >= 15 is 0 Å². The average molecular weight is 208 g/mol. The lowest BCUT2D eigenvalue weighted by atomic mass is 9.85. The highest BCUT2D eigenvalue weighted by Crippen LogP contribution is 2.37. The zero-order chi connectivity index (χ0) is 11.0. The number of non-ortho nitro benzene ring substituents is 1. The lowest BCUT2D eigenvalue weighted by Crippen LogP contribution is -2.25. The number of primary amides is 1. The van der Waals surface area contributed by atoms with Gasteiger partial charge in [0.15, 0.2) is 0 Å². The topological polar surface area (TPSA) is 95.5 Å². The van der Waals surface area contributed by atoms with Gasteiger partial charge in [-0.25, -0.2) is 4.79 Å². The van der Waals surface area contributed by atoms with Gasteiger partial charge in [0, 0.05) is 18.6 Å². The van der Waals surface area contributed by atoms with Crippen LogP contribution in [0.4, 0.5) is 10.5 Å². The molecule has 2 rings (SSSR count). The molecule has 0 radical (unpaired) electrons. The van der Waals surface area contributed by atoms with Crippen molar-refractivity contribution in [3.05, 3.63) is 39.4 Å². The smallest absolute Gasteiger partial charge is 0.405 e. The van der Waals surface area contributed by atoms with Crippen molar-refractivity contribution in [3.63, 3.8) is 0 Å². The molecule has 2 N–H and O–H groups in total. The summed E-state index contributed by atoms with van der Waals surface area (Å²) < 4.78 is 4.78. The standard InChI is InChI=1S/C9H8N2O4/c10-9(12)15-8-4-5-3-6(11(13)14)1-2-7(5)8/h1-3,8H,4H2,(H2,10,12). The number of rotatable bonds is 2. The molecule has 1 aliphatic rings. The Morgan fingerprint density at radius 1 is 1.60 bits per heavy atom. The highest BCUT2D eigenvalue weighted by molar-refractivity contribution is 5.65. The molecule has 1 unspecified atom stereocenters. The summed E-state index contributed by atoms with van der Waals surface area (Å²) in [6.45, 7) is 0. The molecule has 0 saturated heterocycles. The van der Waals surface area contributed by atoms with Gasteiger partial charge in [0.1, 0.15) is 6.10 Å². The molecule has 6 nitrogen and oxygen atoms in total. The first kappa shape index (κ1) is 9.45. The van der Waals surface area contributed by atoms with Crippen LogP contribution in [0.1, 0.15) is 17.2 Å². The molecule has 0 aromatic heterocycles. The van der Waals surface area contributed by atoms with Crippen molar-refractivity contribution < 1.29 is 14.5 Å². The number of carbonyl (C=O) groups excluding carboxylic acids is 1. The number of fused-ring (bicyclic) bond motifs is 1. The van der Waals surface area contributed by atoms with Gasteiger partial charge in [-0.3, -0.25) is 10.1 Å². The Kier molecular flexibility index (Phi) is 2.03. The van der Waals surface area contributed by atoms with Crippen LogP contribution in [0, 0.1) is 10.1 Å². The summed E-state index contributed by atoms with van der Waals surface area (Å²) >= 11 is 0. The molecule has 0 heterocycles. The van der Waals surface area contributed by atoms with E-state index in [0.717, 1.165) is 11.1 Å². The highest BCUT2D eigenvalue weighted by Gasteiger charge is 2.30. The van der Waals surface area contributed by atoms with E-state index in [0.29, 0.717) is 6.42 Å². The highest BCUT2D eigenvalue weighted by atomic mass is 16.6. The van der Waals surface area contributed by atoms with E-state index < -0.39 is 11.0 Å². The molecule has 0 saturated carbocycles. The largest absolute Gasteiger partial charge is 0.441 e. The normalized spacial score (nSPS) is 17.5. The summed E-state index contributed by atoms with van der Waals surface area (Å²) in [5, 5.41) is 10.4. The first-order valence-electron chi connectivity index (χ1n) is 4.31. The third-order valence-electron chi connectivity index (χ3n) is 2.35. The monoisotopic (exact) mass is 208 g/mol. The van der Waals surface area contributed by atoms with Gasteiger partial charge in [-0.1, -0.05) is 0 Å². The molecule has 6 heteroatoms. The second-order valence-corrected chi connectivity index (χ2v) is 3.27. The minimum Gasteiger partial charge on any atom is -0.441 e. The number of nitrogens with two attached hydrogens (primary N) is 1. The Hall–Kier alpha value is -2.11. The molecule has 1 aliphatic carbocycles. The van der Waals surface area contributed by atoms with Gasteiger partial charge < -0.3 is 10.5 Å². The third-order valence-corrected chi connectivity index (χ3v) is 2.35. The summed E-state index contributed by atoms with van der Waals surface area (Å²) in [6.07, 6.45) is -0.692. The molecule has 1 aromatic carbocycles. The van der Waals surface area contributed by atoms with Gasteiger partial charge in [-0.15, -0.1) is 0 Å². The van der Waals surface area contributed by atoms with Crippen molar-refractivity contribution in [2.45, 2.75) is 12.5 Å². The van der Waals surface area contributed by atoms with E-state index in [4.69, 9.17) is 10.5 Å². The fourth-order valence-electron chi connectivity index (χ4n) is 1.62.